The maximum Gasteiger partial charge on any atom is 0.574 e. The molecule has 8 nitrogen and oxygen atoms in total. The summed E-state index contributed by atoms with van der Waals surface area (Å²) >= 11 is 0. The van der Waals surface area contributed by atoms with Crippen LogP contribution in [0.25, 0.3) is 17.2 Å². The number of carbonyl (C=O) groups is 2. The molecule has 0 bridgehead atoms. The lowest BCUT2D eigenvalue weighted by molar-refractivity contribution is -0.275. The lowest BCUT2D eigenvalue weighted by atomic mass is 10.0. The molecule has 0 aliphatic carbocycles. The molecule has 0 fully saturated rings. The molecule has 0 saturated heterocycles. The fourth-order valence-corrected chi connectivity index (χ4v) is 2.29. The zero-order chi connectivity index (χ0) is 22.5. The summed E-state index contributed by atoms with van der Waals surface area (Å²) in [6.45, 7) is 0. The van der Waals surface area contributed by atoms with Crippen LogP contribution < -0.4 is 14.8 Å². The Morgan fingerprint density at radius 1 is 1.13 bits per heavy atom. The normalized spacial score (nSPS) is 11.3. The van der Waals surface area contributed by atoms with Gasteiger partial charge in [0.05, 0.1) is 14.2 Å². The number of benzene rings is 1. The third-order valence-electron chi connectivity index (χ3n) is 3.48. The Morgan fingerprint density at radius 2 is 1.83 bits per heavy atom. The van der Waals surface area contributed by atoms with E-state index in [4.69, 9.17) is 9.84 Å². The highest BCUT2D eigenvalue weighted by Gasteiger charge is 2.34. The summed E-state index contributed by atoms with van der Waals surface area (Å²) in [7, 11) is 2.07. The van der Waals surface area contributed by atoms with Crippen molar-refractivity contribution in [1.82, 2.24) is 4.98 Å². The lowest BCUT2D eigenvalue weighted by Gasteiger charge is -2.17. The van der Waals surface area contributed by atoms with Crippen molar-refractivity contribution in [2.24, 2.45) is 0 Å². The minimum absolute atomic E-state index is 0.137. The molecule has 1 amide bonds. The monoisotopic (exact) mass is 430 g/mol. The maximum absolute atomic E-state index is 14.5. The molecule has 0 atom stereocenters. The molecular formula is C18H14F4N2O6. The average Bonchev–Trinajstić information content (AvgIpc) is 2.67. The molecule has 0 saturated carbocycles. The lowest BCUT2D eigenvalue weighted by Crippen LogP contribution is -2.21. The fourth-order valence-electron chi connectivity index (χ4n) is 2.29. The van der Waals surface area contributed by atoms with Gasteiger partial charge in [0, 0.05) is 17.2 Å². The highest BCUT2D eigenvalue weighted by atomic mass is 19.4. The molecule has 30 heavy (non-hydrogen) atoms. The maximum atomic E-state index is 14.5. The number of nitrogens with zero attached hydrogens (tertiary/aromatic N) is 1. The predicted molar refractivity (Wildman–Crippen MR) is 95.6 cm³/mol. The molecule has 160 valence electrons. The number of aliphatic carboxylic acids is 1. The van der Waals surface area contributed by atoms with Gasteiger partial charge in [-0.25, -0.2) is 14.0 Å². The van der Waals surface area contributed by atoms with E-state index in [1.54, 1.807) is 0 Å². The van der Waals surface area contributed by atoms with Crippen LogP contribution in [0, 0.1) is 5.82 Å². The molecular weight excluding hydrogens is 416 g/mol. The summed E-state index contributed by atoms with van der Waals surface area (Å²) in [6.07, 6.45) is -4.27. The Morgan fingerprint density at radius 3 is 2.40 bits per heavy atom. The predicted octanol–water partition coefficient (Wildman–Crippen LogP) is 4.07. The van der Waals surface area contributed by atoms with E-state index >= 15 is 0 Å². The van der Waals surface area contributed by atoms with Gasteiger partial charge in [0.2, 0.25) is 11.8 Å². The van der Waals surface area contributed by atoms with Gasteiger partial charge in [0.25, 0.3) is 0 Å². The third-order valence-corrected chi connectivity index (χ3v) is 3.48. The number of hydrogen-bond acceptors (Lipinski definition) is 6. The molecule has 12 heteroatoms. The van der Waals surface area contributed by atoms with Gasteiger partial charge in [-0.1, -0.05) is 6.07 Å². The number of carbonyl (C=O) groups excluding carboxylic acids is 1. The number of carboxylic acids is 1. The van der Waals surface area contributed by atoms with Crippen molar-refractivity contribution in [3.8, 4) is 22.9 Å². The van der Waals surface area contributed by atoms with Crippen LogP contribution in [0.4, 0.5) is 28.0 Å². The molecule has 0 aliphatic rings. The van der Waals surface area contributed by atoms with Crippen LogP contribution in [0.3, 0.4) is 0 Å². The molecule has 2 rings (SSSR count). The Labute approximate surface area is 166 Å². The van der Waals surface area contributed by atoms with Gasteiger partial charge in [0.1, 0.15) is 11.5 Å². The van der Waals surface area contributed by atoms with E-state index in [9.17, 15) is 27.2 Å². The SMILES string of the molecule is COC(=O)Nc1cc(-c2cc(/C=C/C(=O)O)ccc2F)c(OC)nc1OC(F)(F)F. The van der Waals surface area contributed by atoms with Crippen LogP contribution in [-0.4, -0.2) is 42.7 Å². The summed E-state index contributed by atoms with van der Waals surface area (Å²) in [4.78, 5) is 25.7. The van der Waals surface area contributed by atoms with Crippen molar-refractivity contribution in [1.29, 1.82) is 0 Å². The van der Waals surface area contributed by atoms with E-state index in [-0.39, 0.29) is 16.7 Å². The second kappa shape index (κ2) is 9.11. The Kier molecular flexibility index (Phi) is 6.82. The molecule has 0 unspecified atom stereocenters. The number of carboxylic acid groups (broad SMARTS) is 1. The van der Waals surface area contributed by atoms with Crippen LogP contribution in [0.2, 0.25) is 0 Å². The number of anilines is 1. The number of aromatic nitrogens is 1. The minimum atomic E-state index is -5.14. The van der Waals surface area contributed by atoms with Crippen molar-refractivity contribution < 1.29 is 46.5 Å². The fraction of sp³-hybridized carbons (Fsp3) is 0.167. The van der Waals surface area contributed by atoms with Crippen molar-refractivity contribution >= 4 is 23.8 Å². The van der Waals surface area contributed by atoms with Crippen molar-refractivity contribution in [2.75, 3.05) is 19.5 Å². The van der Waals surface area contributed by atoms with Gasteiger partial charge in [-0.2, -0.15) is 4.98 Å². The number of pyridine rings is 1. The van der Waals surface area contributed by atoms with E-state index in [0.717, 1.165) is 32.4 Å². The van der Waals surface area contributed by atoms with Crippen LogP contribution in [0.1, 0.15) is 5.56 Å². The van der Waals surface area contributed by atoms with E-state index in [1.807, 2.05) is 5.32 Å². The molecule has 2 N–H and O–H groups in total. The molecule has 1 heterocycles. The number of nitrogens with one attached hydrogen (secondary N) is 1. The van der Waals surface area contributed by atoms with Crippen molar-refractivity contribution in [3.63, 3.8) is 0 Å². The standard InChI is InChI=1S/C18H14F4N2O6/c1-28-15-11(10-7-9(3-5-12(10)19)4-6-14(25)26)8-13(23-17(27)29-2)16(24-15)30-18(20,21)22/h3-8H,1-2H3,(H,23,27)(H,25,26)/b6-4+. The van der Waals surface area contributed by atoms with Gasteiger partial charge in [0.15, 0.2) is 0 Å². The number of ether oxygens (including phenoxy) is 3. The molecule has 0 radical (unpaired) electrons. The summed E-state index contributed by atoms with van der Waals surface area (Å²) in [6, 6.07) is 4.48. The van der Waals surface area contributed by atoms with Crippen LogP contribution >= 0.6 is 0 Å². The first-order valence-electron chi connectivity index (χ1n) is 7.94. The number of hydrogen-bond donors (Lipinski definition) is 2. The largest absolute Gasteiger partial charge is 0.574 e. The van der Waals surface area contributed by atoms with Gasteiger partial charge < -0.3 is 19.3 Å². The summed E-state index contributed by atoms with van der Waals surface area (Å²) in [5, 5.41) is 10.7. The zero-order valence-electron chi connectivity index (χ0n) is 15.4. The number of alkyl halides is 3. The minimum Gasteiger partial charge on any atom is -0.480 e. The average molecular weight is 430 g/mol. The topological polar surface area (TPSA) is 107 Å². The highest BCUT2D eigenvalue weighted by Crippen LogP contribution is 2.39. The smallest absolute Gasteiger partial charge is 0.480 e. The van der Waals surface area contributed by atoms with Crippen LogP contribution in [-0.2, 0) is 9.53 Å². The van der Waals surface area contributed by atoms with Crippen LogP contribution in [0.5, 0.6) is 11.8 Å². The number of methoxy groups -OCH3 is 2. The Balaban J connectivity index is 2.67. The first kappa shape index (κ1) is 22.5. The van der Waals surface area contributed by atoms with Crippen LogP contribution in [0.15, 0.2) is 30.3 Å². The summed E-state index contributed by atoms with van der Waals surface area (Å²) < 4.78 is 65.7. The molecule has 1 aromatic heterocycles. The molecule has 0 spiro atoms. The summed E-state index contributed by atoms with van der Waals surface area (Å²) in [5.41, 5.74) is -0.616. The summed E-state index contributed by atoms with van der Waals surface area (Å²) in [5.74, 6) is -3.55. The Bertz CT molecular complexity index is 991. The highest BCUT2D eigenvalue weighted by molar-refractivity contribution is 5.89. The van der Waals surface area contributed by atoms with E-state index in [1.165, 1.54) is 18.2 Å². The number of amides is 1. The van der Waals surface area contributed by atoms with E-state index in [2.05, 4.69) is 14.5 Å². The van der Waals surface area contributed by atoms with E-state index < -0.39 is 41.7 Å². The first-order valence-corrected chi connectivity index (χ1v) is 7.94. The van der Waals surface area contributed by atoms with E-state index in [0.29, 0.717) is 0 Å². The first-order chi connectivity index (χ1) is 14.0. The molecule has 2 aromatic rings. The zero-order valence-corrected chi connectivity index (χ0v) is 15.4. The number of rotatable bonds is 6. The second-order valence-corrected chi connectivity index (χ2v) is 5.47. The van der Waals surface area contributed by atoms with Crippen molar-refractivity contribution in [3.05, 3.63) is 41.7 Å². The molecule has 0 aliphatic heterocycles. The second-order valence-electron chi connectivity index (χ2n) is 5.47. The van der Waals surface area contributed by atoms with Gasteiger partial charge >= 0.3 is 18.4 Å². The van der Waals surface area contributed by atoms with Crippen molar-refractivity contribution in [2.45, 2.75) is 6.36 Å². The van der Waals surface area contributed by atoms with Gasteiger partial charge in [-0.05, 0) is 29.8 Å². The third kappa shape index (κ3) is 5.83. The van der Waals surface area contributed by atoms with Gasteiger partial charge in [-0.3, -0.25) is 5.32 Å². The number of halogens is 4. The Hall–Kier alpha value is -3.83. The van der Waals surface area contributed by atoms with Gasteiger partial charge in [-0.15, -0.1) is 13.2 Å². The quantitative estimate of drug-likeness (QED) is 0.526. The molecule has 1 aromatic carbocycles.